The van der Waals surface area contributed by atoms with Crippen LogP contribution in [0.1, 0.15) is 215 Å². The summed E-state index contributed by atoms with van der Waals surface area (Å²) in [6.07, 6.45) is 98.2. The molecule has 0 amide bonds. The van der Waals surface area contributed by atoms with Crippen molar-refractivity contribution in [2.75, 3.05) is 0 Å². The molecule has 16 aliphatic carbocycles. The monoisotopic (exact) mass is 2480 g/mol. The summed E-state index contributed by atoms with van der Waals surface area (Å²) in [6, 6.07) is 5.40. The Bertz CT molecular complexity index is 4300. The van der Waals surface area contributed by atoms with Crippen LogP contribution in [0.5, 0.6) is 0 Å². The molecule has 0 aromatic rings. The Morgan fingerprint density at radius 2 is 0.455 bits per heavy atom. The minimum atomic E-state index is -1.21. The van der Waals surface area contributed by atoms with Gasteiger partial charge in [-0.05, 0) is 302 Å². The molecule has 16 aliphatic rings. The van der Waals surface area contributed by atoms with Crippen molar-refractivity contribution in [2.24, 2.45) is 180 Å². The van der Waals surface area contributed by atoms with Crippen LogP contribution in [-0.4, -0.2) is 32.3 Å². The summed E-state index contributed by atoms with van der Waals surface area (Å²) in [5, 5.41) is 0. The Labute approximate surface area is 967 Å². The summed E-state index contributed by atoms with van der Waals surface area (Å²) in [6.45, 7) is 82.0. The summed E-state index contributed by atoms with van der Waals surface area (Å²) in [5.41, 5.74) is 12.2. The number of hydrogen-bond acceptors (Lipinski definition) is 0. The molecule has 143 heavy (non-hydrogen) atoms. The van der Waals surface area contributed by atoms with Crippen molar-refractivity contribution in [3.63, 3.8) is 0 Å². The first-order valence-corrected chi connectivity index (χ1v) is 91.0. The quantitative estimate of drug-likeness (QED) is 0.0576. The number of allylic oxidation sites excluding steroid dienone is 36. The molecule has 0 aromatic carbocycles. The van der Waals surface area contributed by atoms with Crippen LogP contribution in [0.15, 0.2) is 243 Å². The van der Waals surface area contributed by atoms with Gasteiger partial charge in [-0.2, -0.15) is 0 Å². The van der Waals surface area contributed by atoms with E-state index in [9.17, 15) is 0 Å². The van der Waals surface area contributed by atoms with Gasteiger partial charge in [0.05, 0.1) is 32.3 Å². The first-order valence-electron chi connectivity index (χ1n) is 52.6. The Morgan fingerprint density at radius 1 is 0.266 bits per heavy atom. The standard InChI is InChI=1S/C35H56Si.C31H48Si.C27H40Si.C26H38Si.8CH3.8ClH.4Zr/c1-12-13-20-36(10,11)27-17-14-26(21-27)35(8,9)32-30-22-24(33(2,3)4)15-18-28(30)29-19-16-25(23-31(29)32)34(5,6)7;1-10-17-32(8,9)24-14-12-23(19-24)31(6,7)29-27-18-21(2)11-15-25(27)26-16-13-22(20-28(26)29)30(3,4)5;1-6-7-18-28(4,5)21-17-16-20(19-21)27(2,3)26-24-14-10-8-12-22(24)23-13-9-11-15-25(23)26;1-6-17-27(4,5)20-16-15-19(18-20)26(2,3)25-23-13-9-7-11-21(23)22-12-8-10-14-24(22)25;;;;;;;;;;;;;;;;;;;;/h12,15-16,18-19,22-23,26-32H,1,13-14,17,20-21H2,2-11H3;10-11,13,15-16,18,20,23-29H,1,12,14,17,19H2,2-9H3;6,8-15,20-26H,1,7,16-19H2,2-5H3;6-14,19-25H,1,15-18H2,2-5H3;8*1H3;8*1H;;;;/q;;;;8*-1;;;;;;;;;4*+4/p-8. The van der Waals surface area contributed by atoms with Crippen LogP contribution in [0.4, 0.5) is 0 Å². The summed E-state index contributed by atoms with van der Waals surface area (Å²) < 4.78 is 0. The summed E-state index contributed by atoms with van der Waals surface area (Å²) in [5.74, 6) is 17.4. The first-order chi connectivity index (χ1) is 63.3. The molecule has 16 heteroatoms. The van der Waals surface area contributed by atoms with Gasteiger partial charge >= 0.3 is 151 Å². The van der Waals surface area contributed by atoms with E-state index >= 15 is 0 Å². The van der Waals surface area contributed by atoms with Gasteiger partial charge < -0.3 is 59.4 Å². The normalized spacial score (nSPS) is 32.6. The molecule has 0 aliphatic heterocycles. The maximum absolute atomic E-state index is 4.93. The Morgan fingerprint density at radius 3 is 0.664 bits per heavy atom. The molecule has 0 spiro atoms. The molecule has 0 aromatic heterocycles. The second-order valence-corrected chi connectivity index (χ2v) is 88.3. The van der Waals surface area contributed by atoms with E-state index in [1.54, 1.807) is 16.7 Å². The molecular weight excluding hydrogens is 2290 g/mol. The number of hydrogen-bond donors (Lipinski definition) is 0. The molecule has 0 radical (unpaired) electrons. The van der Waals surface area contributed by atoms with Crippen molar-refractivity contribution in [3.8, 4) is 0 Å². The third-order valence-electron chi connectivity index (χ3n) is 39.1. The molecule has 802 valence electrons. The van der Waals surface area contributed by atoms with Crippen molar-refractivity contribution in [2.45, 2.75) is 313 Å². The molecule has 8 saturated carbocycles. The fourth-order valence-electron chi connectivity index (χ4n) is 31.0. The van der Waals surface area contributed by atoms with Crippen LogP contribution in [-0.2, 0) is 83.4 Å². The van der Waals surface area contributed by atoms with Gasteiger partial charge in [0, 0.05) is 0 Å². The molecular formula is C127H206Cl8Si4Zr4. The van der Waals surface area contributed by atoms with Crippen molar-refractivity contribution < 1.29 is 83.4 Å². The second kappa shape index (κ2) is 61.6. The Kier molecular flexibility index (Phi) is 61.4. The summed E-state index contributed by atoms with van der Waals surface area (Å²) >= 11 is -3.30. The zero-order valence-electron chi connectivity index (χ0n) is 96.7. The second-order valence-electron chi connectivity index (χ2n) is 52.4. The molecule has 0 heterocycles. The summed E-state index contributed by atoms with van der Waals surface area (Å²) in [4.78, 5) is 0. The SMILES string of the molecule is C=CCC[Si](C)(C)C1CCC(C(C)(C)C2C3C=C(C(C)(C)C)C=CC3C3C=CC(C(C)(C)C)=CC32)C1.C=CCC[Si](C)(C)C1CCC(C(C)(C)C2C3C=CC=CC3C3C=CC=CC32)C1.C=CC[Si](C)(C)C1CCC(C(C)(C)C2C3C=C(C)C=CC3C3C=CC(C(C)(C)C)=CC32)C1.C=CC[Si](C)(C)C1CCC(C(C)(C)C2C3C=CC=CC3C3C=CC=CC32)C1.[CH3-].[CH3-].[CH3-].[CH3-].[CH3-].[CH3-].[CH3-].[CH3-].[Cl][Zr+2][Cl].[Cl][Zr+2][Cl].[Cl][Zr+2][Cl].[Cl][Zr+2][Cl]. The first kappa shape index (κ1) is 143. The number of fused-ring (bicyclic) bond motifs is 12. The van der Waals surface area contributed by atoms with Crippen molar-refractivity contribution in [1.29, 1.82) is 0 Å². The zero-order valence-corrected chi connectivity index (χ0v) is 117. The fourth-order valence-corrected chi connectivity index (χ4v) is 43.3. The molecule has 16 rings (SSSR count). The third kappa shape index (κ3) is 34.3. The molecule has 0 nitrogen and oxygen atoms in total. The number of halogens is 8. The van der Waals surface area contributed by atoms with Gasteiger partial charge in [0.25, 0.3) is 0 Å². The third-order valence-corrected chi connectivity index (χ3v) is 55.9. The van der Waals surface area contributed by atoms with Crippen LogP contribution in [0.3, 0.4) is 0 Å². The van der Waals surface area contributed by atoms with E-state index in [2.05, 4.69) is 398 Å². The predicted molar refractivity (Wildman–Crippen MR) is 653 cm³/mol. The van der Waals surface area contributed by atoms with E-state index in [1.165, 1.54) is 120 Å². The molecule has 25 atom stereocenters. The fraction of sp³-hybridized carbons (Fsp3) is 0.622. The van der Waals surface area contributed by atoms with E-state index in [1.807, 2.05) is 0 Å². The van der Waals surface area contributed by atoms with E-state index in [0.717, 1.165) is 63.6 Å². The van der Waals surface area contributed by atoms with Crippen molar-refractivity contribution in [1.82, 2.24) is 0 Å². The van der Waals surface area contributed by atoms with Gasteiger partial charge in [0.1, 0.15) is 0 Å². The van der Waals surface area contributed by atoms with E-state index < -0.39 is 116 Å². The van der Waals surface area contributed by atoms with Crippen molar-refractivity contribution >= 4 is 100 Å². The summed E-state index contributed by atoms with van der Waals surface area (Å²) in [7, 11) is 34.7. The van der Waals surface area contributed by atoms with Gasteiger partial charge in [-0.3, -0.25) is 0 Å². The molecule has 0 saturated heterocycles. The van der Waals surface area contributed by atoms with Gasteiger partial charge in [0.2, 0.25) is 0 Å². The van der Waals surface area contributed by atoms with Gasteiger partial charge in [-0.25, -0.2) is 0 Å². The van der Waals surface area contributed by atoms with E-state index in [-0.39, 0.29) is 75.7 Å². The molecule has 0 bridgehead atoms. The average Bonchev–Trinajstić information content (AvgIpc) is 1.57. The van der Waals surface area contributed by atoms with E-state index in [0.29, 0.717) is 122 Å². The van der Waals surface area contributed by atoms with E-state index in [4.69, 9.17) is 68.1 Å². The van der Waals surface area contributed by atoms with Crippen LogP contribution in [0.2, 0.25) is 98.7 Å². The van der Waals surface area contributed by atoms with Crippen molar-refractivity contribution in [3.05, 3.63) is 302 Å². The van der Waals surface area contributed by atoms with Crippen LogP contribution in [0, 0.1) is 239 Å². The van der Waals surface area contributed by atoms with Gasteiger partial charge in [-0.1, -0.05) is 408 Å². The molecule has 25 unspecified atom stereocenters. The number of rotatable bonds is 22. The maximum atomic E-state index is 4.93. The molecule has 0 N–H and O–H groups in total. The van der Waals surface area contributed by atoms with Gasteiger partial charge in [0.15, 0.2) is 0 Å². The molecule has 8 fully saturated rings. The Hall–Kier alpha value is 1.52. The minimum absolute atomic E-state index is 0. The van der Waals surface area contributed by atoms with Crippen LogP contribution in [0.25, 0.3) is 0 Å². The average molecular weight is 2490 g/mol. The Balaban J connectivity index is 0.000000905. The topological polar surface area (TPSA) is 0 Å². The van der Waals surface area contributed by atoms with Crippen LogP contribution >= 0.6 is 68.1 Å². The van der Waals surface area contributed by atoms with Gasteiger partial charge in [-0.15, -0.1) is 26.3 Å². The zero-order chi connectivity index (χ0) is 100. The predicted octanol–water partition coefficient (Wildman–Crippen LogP) is 44.2. The van der Waals surface area contributed by atoms with Crippen LogP contribution < -0.4 is 0 Å².